The third-order valence-electron chi connectivity index (χ3n) is 3.43. The van der Waals surface area contributed by atoms with Crippen molar-refractivity contribution >= 4 is 5.78 Å². The van der Waals surface area contributed by atoms with E-state index < -0.39 is 0 Å². The van der Waals surface area contributed by atoms with Crippen LogP contribution in [0.25, 0.3) is 0 Å². The Morgan fingerprint density at radius 3 is 2.89 bits per heavy atom. The van der Waals surface area contributed by atoms with E-state index in [1.54, 1.807) is 0 Å². The van der Waals surface area contributed by atoms with Crippen LogP contribution < -0.4 is 0 Å². The highest BCUT2D eigenvalue weighted by molar-refractivity contribution is 5.96. The molecule has 1 aromatic carbocycles. The van der Waals surface area contributed by atoms with Crippen molar-refractivity contribution in [1.29, 1.82) is 0 Å². The van der Waals surface area contributed by atoms with E-state index in [9.17, 15) is 4.79 Å². The summed E-state index contributed by atoms with van der Waals surface area (Å²) in [6.45, 7) is 5.67. The second-order valence-corrected chi connectivity index (χ2v) is 4.74. The molecule has 0 aromatic heterocycles. The van der Waals surface area contributed by atoms with Crippen molar-refractivity contribution in [3.05, 3.63) is 35.9 Å². The summed E-state index contributed by atoms with van der Waals surface area (Å²) in [6, 6.07) is 9.53. The van der Waals surface area contributed by atoms with Gasteiger partial charge in [-0.3, -0.25) is 9.69 Å². The molecule has 1 unspecified atom stereocenters. The molecule has 2 rings (SSSR count). The van der Waals surface area contributed by atoms with Gasteiger partial charge in [-0.15, -0.1) is 0 Å². The van der Waals surface area contributed by atoms with E-state index in [2.05, 4.69) is 11.8 Å². The zero-order valence-corrected chi connectivity index (χ0v) is 11.0. The molecule has 1 aromatic rings. The summed E-state index contributed by atoms with van der Waals surface area (Å²) in [5, 5.41) is 0. The number of benzene rings is 1. The Hall–Kier alpha value is -1.19. The van der Waals surface area contributed by atoms with Gasteiger partial charge in [0, 0.05) is 31.6 Å². The molecular weight excluding hydrogens is 226 g/mol. The summed E-state index contributed by atoms with van der Waals surface area (Å²) in [4.78, 5) is 14.3. The number of hydrogen-bond donors (Lipinski definition) is 0. The van der Waals surface area contributed by atoms with Crippen LogP contribution in [0, 0.1) is 0 Å². The van der Waals surface area contributed by atoms with Crippen molar-refractivity contribution in [1.82, 2.24) is 4.90 Å². The average molecular weight is 247 g/mol. The van der Waals surface area contributed by atoms with Gasteiger partial charge in [-0.2, -0.15) is 0 Å². The van der Waals surface area contributed by atoms with Crippen molar-refractivity contribution in [2.45, 2.75) is 25.9 Å². The van der Waals surface area contributed by atoms with Crippen LogP contribution in [0.3, 0.4) is 0 Å². The maximum absolute atomic E-state index is 12.0. The van der Waals surface area contributed by atoms with E-state index in [1.807, 2.05) is 30.3 Å². The summed E-state index contributed by atoms with van der Waals surface area (Å²) in [5.74, 6) is 0.232. The van der Waals surface area contributed by atoms with Crippen LogP contribution >= 0.6 is 0 Å². The van der Waals surface area contributed by atoms with E-state index in [1.165, 1.54) is 0 Å². The van der Waals surface area contributed by atoms with Gasteiger partial charge in [0.2, 0.25) is 0 Å². The molecular formula is C15H21NO2. The number of Topliss-reactive ketones (excluding diaryl/α,β-unsaturated/α-hetero) is 1. The molecule has 98 valence electrons. The van der Waals surface area contributed by atoms with Crippen molar-refractivity contribution in [3.63, 3.8) is 0 Å². The Morgan fingerprint density at radius 2 is 2.17 bits per heavy atom. The fourth-order valence-electron chi connectivity index (χ4n) is 2.26. The highest BCUT2D eigenvalue weighted by Gasteiger charge is 2.19. The molecule has 1 heterocycles. The summed E-state index contributed by atoms with van der Waals surface area (Å²) in [6.07, 6.45) is 1.98. The minimum Gasteiger partial charge on any atom is -0.376 e. The van der Waals surface area contributed by atoms with Gasteiger partial charge < -0.3 is 4.74 Å². The molecule has 0 saturated carbocycles. The molecule has 0 amide bonds. The number of hydrogen-bond acceptors (Lipinski definition) is 3. The van der Waals surface area contributed by atoms with E-state index in [0.29, 0.717) is 12.5 Å². The Labute approximate surface area is 109 Å². The lowest BCUT2D eigenvalue weighted by atomic mass is 10.1. The number of carbonyl (C=O) groups is 1. The first-order valence-corrected chi connectivity index (χ1v) is 6.72. The number of ketones is 1. The lowest BCUT2D eigenvalue weighted by Crippen LogP contribution is -2.42. The van der Waals surface area contributed by atoms with Gasteiger partial charge in [0.25, 0.3) is 0 Å². The molecule has 1 fully saturated rings. The maximum Gasteiger partial charge on any atom is 0.164 e. The highest BCUT2D eigenvalue weighted by Crippen LogP contribution is 2.10. The Balaban J connectivity index is 1.79. The molecule has 1 atom stereocenters. The minimum absolute atomic E-state index is 0.232. The number of carbonyl (C=O) groups excluding carboxylic acids is 1. The zero-order chi connectivity index (χ0) is 12.8. The predicted octanol–water partition coefficient (Wildman–Crippen LogP) is 2.37. The summed E-state index contributed by atoms with van der Waals surface area (Å²) in [5.41, 5.74) is 0.817. The van der Waals surface area contributed by atoms with E-state index in [0.717, 1.165) is 38.2 Å². The second kappa shape index (κ2) is 6.66. The number of rotatable bonds is 5. The third kappa shape index (κ3) is 3.65. The standard InChI is InChI=1S/C15H21NO2/c1-2-14-12-16(10-11-18-14)9-8-15(17)13-6-4-3-5-7-13/h3-7,14H,2,8-12H2,1H3. The molecule has 0 bridgehead atoms. The van der Waals surface area contributed by atoms with Gasteiger partial charge >= 0.3 is 0 Å². The molecule has 18 heavy (non-hydrogen) atoms. The fraction of sp³-hybridized carbons (Fsp3) is 0.533. The molecule has 3 heteroatoms. The van der Waals surface area contributed by atoms with Crippen molar-refractivity contribution in [2.75, 3.05) is 26.2 Å². The van der Waals surface area contributed by atoms with Gasteiger partial charge in [0.05, 0.1) is 12.7 Å². The van der Waals surface area contributed by atoms with Crippen LogP contribution in [0.15, 0.2) is 30.3 Å². The van der Waals surface area contributed by atoms with Crippen LogP contribution in [-0.4, -0.2) is 43.0 Å². The van der Waals surface area contributed by atoms with Gasteiger partial charge in [-0.25, -0.2) is 0 Å². The molecule has 1 saturated heterocycles. The minimum atomic E-state index is 0.232. The molecule has 0 spiro atoms. The first kappa shape index (κ1) is 13.2. The summed E-state index contributed by atoms with van der Waals surface area (Å²) >= 11 is 0. The first-order valence-electron chi connectivity index (χ1n) is 6.72. The normalized spacial score (nSPS) is 20.8. The lowest BCUT2D eigenvalue weighted by molar-refractivity contribution is -0.0293. The number of morpholine rings is 1. The SMILES string of the molecule is CCC1CN(CCC(=O)c2ccccc2)CCO1. The third-order valence-corrected chi connectivity index (χ3v) is 3.43. The first-order chi connectivity index (χ1) is 8.79. The maximum atomic E-state index is 12.0. The Morgan fingerprint density at radius 1 is 1.39 bits per heavy atom. The fourth-order valence-corrected chi connectivity index (χ4v) is 2.26. The summed E-state index contributed by atoms with van der Waals surface area (Å²) < 4.78 is 5.62. The van der Waals surface area contributed by atoms with Crippen LogP contribution in [0.1, 0.15) is 30.1 Å². The monoisotopic (exact) mass is 247 g/mol. The molecule has 0 aliphatic carbocycles. The van der Waals surface area contributed by atoms with E-state index in [-0.39, 0.29) is 5.78 Å². The van der Waals surface area contributed by atoms with Crippen molar-refractivity contribution in [3.8, 4) is 0 Å². The second-order valence-electron chi connectivity index (χ2n) is 4.74. The van der Waals surface area contributed by atoms with Crippen molar-refractivity contribution in [2.24, 2.45) is 0 Å². The molecule has 3 nitrogen and oxygen atoms in total. The summed E-state index contributed by atoms with van der Waals surface area (Å²) in [7, 11) is 0. The van der Waals surface area contributed by atoms with Gasteiger partial charge in [-0.05, 0) is 6.42 Å². The van der Waals surface area contributed by atoms with Crippen LogP contribution in [-0.2, 0) is 4.74 Å². The van der Waals surface area contributed by atoms with E-state index in [4.69, 9.17) is 4.74 Å². The van der Waals surface area contributed by atoms with Crippen LogP contribution in [0.5, 0.6) is 0 Å². The molecule has 0 N–H and O–H groups in total. The number of nitrogens with zero attached hydrogens (tertiary/aromatic N) is 1. The molecule has 1 aliphatic rings. The van der Waals surface area contributed by atoms with Gasteiger partial charge in [-0.1, -0.05) is 37.3 Å². The molecule has 1 aliphatic heterocycles. The van der Waals surface area contributed by atoms with Crippen molar-refractivity contribution < 1.29 is 9.53 Å². The van der Waals surface area contributed by atoms with Gasteiger partial charge in [0.15, 0.2) is 5.78 Å². The molecule has 0 radical (unpaired) electrons. The topological polar surface area (TPSA) is 29.5 Å². The smallest absolute Gasteiger partial charge is 0.164 e. The van der Waals surface area contributed by atoms with Crippen LogP contribution in [0.2, 0.25) is 0 Å². The predicted molar refractivity (Wildman–Crippen MR) is 71.9 cm³/mol. The van der Waals surface area contributed by atoms with Gasteiger partial charge in [0.1, 0.15) is 0 Å². The average Bonchev–Trinajstić information content (AvgIpc) is 2.46. The van der Waals surface area contributed by atoms with E-state index >= 15 is 0 Å². The van der Waals surface area contributed by atoms with Crippen LogP contribution in [0.4, 0.5) is 0 Å². The number of ether oxygens (including phenoxy) is 1. The zero-order valence-electron chi connectivity index (χ0n) is 11.0. The Kier molecular flexibility index (Phi) is 4.90. The largest absolute Gasteiger partial charge is 0.376 e. The highest BCUT2D eigenvalue weighted by atomic mass is 16.5. The quantitative estimate of drug-likeness (QED) is 0.748. The lowest BCUT2D eigenvalue weighted by Gasteiger charge is -2.32. The Bertz CT molecular complexity index is 377.